The van der Waals surface area contributed by atoms with Crippen LogP contribution in [0.3, 0.4) is 0 Å². The van der Waals surface area contributed by atoms with Crippen LogP contribution in [-0.4, -0.2) is 50.8 Å². The van der Waals surface area contributed by atoms with Gasteiger partial charge in [-0.3, -0.25) is 0 Å². The van der Waals surface area contributed by atoms with E-state index in [4.69, 9.17) is 4.74 Å². The number of rotatable bonds is 7. The molecular formula is C12H26N2O. The van der Waals surface area contributed by atoms with E-state index in [2.05, 4.69) is 31.1 Å². The molecule has 1 aliphatic heterocycles. The molecule has 1 rings (SSSR count). The minimum Gasteiger partial charge on any atom is -0.381 e. The van der Waals surface area contributed by atoms with Gasteiger partial charge in [0.2, 0.25) is 0 Å². The molecule has 1 atom stereocenters. The Morgan fingerprint density at radius 2 is 2.27 bits per heavy atom. The lowest BCUT2D eigenvalue weighted by Crippen LogP contribution is -2.30. The van der Waals surface area contributed by atoms with E-state index in [1.807, 2.05) is 0 Å². The molecule has 0 amide bonds. The molecule has 1 saturated heterocycles. The molecule has 0 aliphatic carbocycles. The van der Waals surface area contributed by atoms with E-state index in [1.165, 1.54) is 32.5 Å². The highest BCUT2D eigenvalue weighted by atomic mass is 16.5. The van der Waals surface area contributed by atoms with Gasteiger partial charge < -0.3 is 15.0 Å². The van der Waals surface area contributed by atoms with Crippen LogP contribution in [0.1, 0.15) is 26.7 Å². The average molecular weight is 214 g/mol. The van der Waals surface area contributed by atoms with Gasteiger partial charge >= 0.3 is 0 Å². The third-order valence-corrected chi connectivity index (χ3v) is 2.89. The fraction of sp³-hybridized carbons (Fsp3) is 1.00. The van der Waals surface area contributed by atoms with E-state index in [0.29, 0.717) is 12.0 Å². The summed E-state index contributed by atoms with van der Waals surface area (Å²) in [7, 11) is 2.06. The van der Waals surface area contributed by atoms with E-state index < -0.39 is 0 Å². The Bertz CT molecular complexity index is 162. The summed E-state index contributed by atoms with van der Waals surface area (Å²) < 4.78 is 5.57. The van der Waals surface area contributed by atoms with Crippen LogP contribution in [0.2, 0.25) is 0 Å². The molecule has 1 aliphatic rings. The molecule has 1 unspecified atom stereocenters. The number of likely N-dealkylation sites (N-methyl/N-ethyl adjacent to an activating group) is 1. The molecule has 3 heteroatoms. The summed E-state index contributed by atoms with van der Waals surface area (Å²) in [6.07, 6.45) is 2.46. The molecule has 15 heavy (non-hydrogen) atoms. The van der Waals surface area contributed by atoms with E-state index in [-0.39, 0.29) is 0 Å². The van der Waals surface area contributed by atoms with Crippen LogP contribution in [0, 0.1) is 5.92 Å². The van der Waals surface area contributed by atoms with Crippen LogP contribution in [0.5, 0.6) is 0 Å². The Morgan fingerprint density at radius 1 is 1.47 bits per heavy atom. The van der Waals surface area contributed by atoms with Gasteiger partial charge in [0.1, 0.15) is 0 Å². The standard InChI is InChI=1S/C12H26N2O/c1-11(2)10-15-8-4-6-14-7-5-12(9-14)13-3/h11-13H,4-10H2,1-3H3. The van der Waals surface area contributed by atoms with Gasteiger partial charge in [0.15, 0.2) is 0 Å². The Morgan fingerprint density at radius 3 is 2.87 bits per heavy atom. The number of nitrogens with zero attached hydrogens (tertiary/aromatic N) is 1. The van der Waals surface area contributed by atoms with Crippen LogP contribution >= 0.6 is 0 Å². The summed E-state index contributed by atoms with van der Waals surface area (Å²) in [4.78, 5) is 2.53. The topological polar surface area (TPSA) is 24.5 Å². The fourth-order valence-electron chi connectivity index (χ4n) is 1.98. The zero-order valence-corrected chi connectivity index (χ0v) is 10.5. The molecule has 0 bridgehead atoms. The van der Waals surface area contributed by atoms with Crippen molar-refractivity contribution in [1.29, 1.82) is 0 Å². The SMILES string of the molecule is CNC1CCN(CCCOCC(C)C)C1. The van der Waals surface area contributed by atoms with Gasteiger partial charge in [0.25, 0.3) is 0 Å². The first-order chi connectivity index (χ1) is 7.22. The third-order valence-electron chi connectivity index (χ3n) is 2.89. The number of nitrogens with one attached hydrogen (secondary N) is 1. The van der Waals surface area contributed by atoms with Crippen molar-refractivity contribution in [3.8, 4) is 0 Å². The van der Waals surface area contributed by atoms with Gasteiger partial charge in [-0.1, -0.05) is 13.8 Å². The molecule has 0 spiro atoms. The second-order valence-corrected chi connectivity index (χ2v) is 4.90. The average Bonchev–Trinajstić information content (AvgIpc) is 2.65. The van der Waals surface area contributed by atoms with Gasteiger partial charge in [-0.05, 0) is 32.4 Å². The highest BCUT2D eigenvalue weighted by Crippen LogP contribution is 2.08. The van der Waals surface area contributed by atoms with Crippen LogP contribution in [-0.2, 0) is 4.74 Å². The van der Waals surface area contributed by atoms with Gasteiger partial charge in [0, 0.05) is 32.3 Å². The minimum absolute atomic E-state index is 0.658. The van der Waals surface area contributed by atoms with Crippen molar-refractivity contribution in [3.05, 3.63) is 0 Å². The molecule has 90 valence electrons. The van der Waals surface area contributed by atoms with Gasteiger partial charge in [0.05, 0.1) is 0 Å². The van der Waals surface area contributed by atoms with Crippen molar-refractivity contribution in [1.82, 2.24) is 10.2 Å². The van der Waals surface area contributed by atoms with Crippen LogP contribution in [0.4, 0.5) is 0 Å². The highest BCUT2D eigenvalue weighted by molar-refractivity contribution is 4.79. The van der Waals surface area contributed by atoms with E-state index in [9.17, 15) is 0 Å². The van der Waals surface area contributed by atoms with Crippen molar-refractivity contribution in [2.75, 3.05) is 39.9 Å². The number of ether oxygens (including phenoxy) is 1. The normalized spacial score (nSPS) is 22.8. The quantitative estimate of drug-likeness (QED) is 0.647. The Labute approximate surface area is 94.2 Å². The molecule has 1 fully saturated rings. The Hall–Kier alpha value is -0.120. The predicted molar refractivity (Wildman–Crippen MR) is 64.2 cm³/mol. The summed E-state index contributed by atoms with van der Waals surface area (Å²) in [6.45, 7) is 9.85. The molecule has 0 aromatic heterocycles. The molecule has 0 saturated carbocycles. The van der Waals surface area contributed by atoms with Crippen molar-refractivity contribution in [3.63, 3.8) is 0 Å². The summed E-state index contributed by atoms with van der Waals surface area (Å²) in [5.74, 6) is 0.658. The first kappa shape index (κ1) is 12.9. The third kappa shape index (κ3) is 5.50. The first-order valence-corrected chi connectivity index (χ1v) is 6.19. The lowest BCUT2D eigenvalue weighted by molar-refractivity contribution is 0.101. The van der Waals surface area contributed by atoms with Crippen LogP contribution in [0.15, 0.2) is 0 Å². The van der Waals surface area contributed by atoms with E-state index >= 15 is 0 Å². The van der Waals surface area contributed by atoms with Gasteiger partial charge in [-0.15, -0.1) is 0 Å². The zero-order valence-electron chi connectivity index (χ0n) is 10.5. The molecule has 1 N–H and O–H groups in total. The summed E-state index contributed by atoms with van der Waals surface area (Å²) in [5, 5.41) is 3.34. The molecular weight excluding hydrogens is 188 g/mol. The minimum atomic E-state index is 0.658. The van der Waals surface area contributed by atoms with Crippen LogP contribution in [0.25, 0.3) is 0 Å². The first-order valence-electron chi connectivity index (χ1n) is 6.19. The Balaban J connectivity index is 1.92. The van der Waals surface area contributed by atoms with Crippen molar-refractivity contribution >= 4 is 0 Å². The molecule has 0 radical (unpaired) electrons. The van der Waals surface area contributed by atoms with E-state index in [0.717, 1.165) is 13.2 Å². The monoisotopic (exact) mass is 214 g/mol. The zero-order chi connectivity index (χ0) is 11.1. The fourth-order valence-corrected chi connectivity index (χ4v) is 1.98. The summed E-state index contributed by atoms with van der Waals surface area (Å²) >= 11 is 0. The molecule has 3 nitrogen and oxygen atoms in total. The van der Waals surface area contributed by atoms with Gasteiger partial charge in [-0.2, -0.15) is 0 Å². The second-order valence-electron chi connectivity index (χ2n) is 4.90. The molecule has 1 heterocycles. The summed E-state index contributed by atoms with van der Waals surface area (Å²) in [6, 6.07) is 0.710. The maximum Gasteiger partial charge on any atom is 0.0489 e. The summed E-state index contributed by atoms with van der Waals surface area (Å²) in [5.41, 5.74) is 0. The number of likely N-dealkylation sites (tertiary alicyclic amines) is 1. The molecule has 0 aromatic carbocycles. The van der Waals surface area contributed by atoms with Gasteiger partial charge in [-0.25, -0.2) is 0 Å². The number of hydrogen-bond donors (Lipinski definition) is 1. The lowest BCUT2D eigenvalue weighted by Gasteiger charge is -2.15. The van der Waals surface area contributed by atoms with Crippen molar-refractivity contribution in [2.45, 2.75) is 32.7 Å². The highest BCUT2D eigenvalue weighted by Gasteiger charge is 2.19. The van der Waals surface area contributed by atoms with Crippen molar-refractivity contribution < 1.29 is 4.74 Å². The lowest BCUT2D eigenvalue weighted by atomic mass is 10.2. The smallest absolute Gasteiger partial charge is 0.0489 e. The predicted octanol–water partition coefficient (Wildman–Crippen LogP) is 1.34. The van der Waals surface area contributed by atoms with Crippen LogP contribution < -0.4 is 5.32 Å². The van der Waals surface area contributed by atoms with E-state index in [1.54, 1.807) is 0 Å². The van der Waals surface area contributed by atoms with Crippen molar-refractivity contribution in [2.24, 2.45) is 5.92 Å². The maximum absolute atomic E-state index is 5.57. The number of hydrogen-bond acceptors (Lipinski definition) is 3. The maximum atomic E-state index is 5.57. The largest absolute Gasteiger partial charge is 0.381 e. The Kier molecular flexibility index (Phi) is 6.22. The molecule has 0 aromatic rings. The second kappa shape index (κ2) is 7.20.